The smallest absolute Gasteiger partial charge is 0.339 e. The van der Waals surface area contributed by atoms with E-state index < -0.39 is 15.0 Å². The minimum Gasteiger partial charge on any atom is -0.494 e. The summed E-state index contributed by atoms with van der Waals surface area (Å²) >= 11 is 0.970. The first-order chi connectivity index (χ1) is 17.2. The normalized spacial score (nSPS) is 11.2. The highest BCUT2D eigenvalue weighted by Gasteiger charge is 2.20. The molecule has 0 fully saturated rings. The number of nitrogens with zero attached hydrogens (tertiary/aromatic N) is 1. The molecule has 4 rings (SSSR count). The molecule has 12 heteroatoms. The molecule has 1 aromatic heterocycles. The van der Waals surface area contributed by atoms with E-state index >= 15 is 0 Å². The number of thiazole rings is 1. The average molecular weight is 529 g/mol. The molecule has 10 nitrogen and oxygen atoms in total. The van der Waals surface area contributed by atoms with E-state index in [9.17, 15) is 28.4 Å². The number of hydrogen-bond donors (Lipinski definition) is 2. The third-order valence-electron chi connectivity index (χ3n) is 5.09. The summed E-state index contributed by atoms with van der Waals surface area (Å²) in [5, 5.41) is 20.6. The van der Waals surface area contributed by atoms with Crippen LogP contribution in [0.25, 0.3) is 0 Å². The molecule has 0 saturated heterocycles. The molecule has 0 aliphatic carbocycles. The highest BCUT2D eigenvalue weighted by molar-refractivity contribution is 7.87. The molecule has 0 bridgehead atoms. The van der Waals surface area contributed by atoms with E-state index in [2.05, 4.69) is 4.98 Å². The maximum Gasteiger partial charge on any atom is 0.339 e. The Bertz CT molecular complexity index is 1530. The van der Waals surface area contributed by atoms with Gasteiger partial charge in [0.2, 0.25) is 5.88 Å². The zero-order valence-electron chi connectivity index (χ0n) is 18.6. The molecule has 0 aliphatic rings. The fraction of sp³-hybridized carbons (Fsp3) is 0.125. The topological polar surface area (TPSA) is 149 Å². The summed E-state index contributed by atoms with van der Waals surface area (Å²) in [6.45, 7) is 0.381. The van der Waals surface area contributed by atoms with Crippen LogP contribution in [0.4, 0.5) is 5.69 Å². The van der Waals surface area contributed by atoms with Gasteiger partial charge in [-0.15, -0.1) is 0 Å². The molecule has 0 atom stereocenters. The number of benzene rings is 3. The molecule has 186 valence electrons. The second-order valence-corrected chi connectivity index (χ2v) is 10.3. The number of nitrogens with one attached hydrogen (secondary N) is 1. The summed E-state index contributed by atoms with van der Waals surface area (Å²) in [6, 6.07) is 18.4. The lowest BCUT2D eigenvalue weighted by Crippen LogP contribution is -2.10. The molecule has 3 aromatic carbocycles. The second-order valence-electron chi connectivity index (χ2n) is 7.64. The van der Waals surface area contributed by atoms with Gasteiger partial charge in [0.1, 0.15) is 16.4 Å². The van der Waals surface area contributed by atoms with Gasteiger partial charge in [-0.1, -0.05) is 41.7 Å². The highest BCUT2D eigenvalue weighted by atomic mass is 32.2. The van der Waals surface area contributed by atoms with Crippen molar-refractivity contribution >= 4 is 27.1 Å². The largest absolute Gasteiger partial charge is 0.494 e. The summed E-state index contributed by atoms with van der Waals surface area (Å²) in [4.78, 5) is 23.8. The van der Waals surface area contributed by atoms with E-state index in [1.807, 2.05) is 12.1 Å². The molecule has 4 aromatic rings. The standard InChI is InChI=1S/C24H20N2O8S2/c27-23-22(35-24(28)25-23)14-17-6-8-19(9-7-17)33-13-12-16-4-10-20(11-5-16)34-36(31,32)21-3-1-2-18(15-21)26(29)30/h1-11,15,27H,12-14H2,(H,25,28). The van der Waals surface area contributed by atoms with Crippen molar-refractivity contribution in [2.45, 2.75) is 17.7 Å². The van der Waals surface area contributed by atoms with Crippen molar-refractivity contribution in [1.82, 2.24) is 4.98 Å². The van der Waals surface area contributed by atoms with Crippen molar-refractivity contribution in [3.63, 3.8) is 0 Å². The quantitative estimate of drug-likeness (QED) is 0.178. The number of aromatic amines is 1. The Kier molecular flexibility index (Phi) is 7.36. The summed E-state index contributed by atoms with van der Waals surface area (Å²) in [7, 11) is -4.22. The predicted octanol–water partition coefficient (Wildman–Crippen LogP) is 4.03. The Morgan fingerprint density at radius 2 is 1.64 bits per heavy atom. The molecule has 0 amide bonds. The summed E-state index contributed by atoms with van der Waals surface area (Å²) < 4.78 is 35.7. The number of non-ortho nitro benzene ring substituents is 1. The average Bonchev–Trinajstić information content (AvgIpc) is 3.17. The maximum absolute atomic E-state index is 12.4. The number of aromatic hydroxyl groups is 1. The number of aromatic nitrogens is 1. The van der Waals surface area contributed by atoms with E-state index in [1.165, 1.54) is 30.3 Å². The van der Waals surface area contributed by atoms with Gasteiger partial charge in [0.15, 0.2) is 0 Å². The zero-order chi connectivity index (χ0) is 25.7. The fourth-order valence-corrected chi connectivity index (χ4v) is 5.02. The van der Waals surface area contributed by atoms with E-state index in [1.54, 1.807) is 24.3 Å². The van der Waals surface area contributed by atoms with Crippen LogP contribution in [-0.2, 0) is 23.0 Å². The van der Waals surface area contributed by atoms with Crippen molar-refractivity contribution < 1.29 is 27.4 Å². The Morgan fingerprint density at radius 3 is 2.28 bits per heavy atom. The molecule has 0 spiro atoms. The van der Waals surface area contributed by atoms with Crippen molar-refractivity contribution in [3.8, 4) is 17.4 Å². The fourth-order valence-electron chi connectivity index (χ4n) is 3.29. The van der Waals surface area contributed by atoms with Crippen LogP contribution in [0.3, 0.4) is 0 Å². The Labute approximate surface area is 209 Å². The lowest BCUT2D eigenvalue weighted by atomic mass is 10.1. The van der Waals surface area contributed by atoms with Gasteiger partial charge in [0, 0.05) is 25.0 Å². The lowest BCUT2D eigenvalue weighted by Gasteiger charge is -2.09. The van der Waals surface area contributed by atoms with Crippen LogP contribution in [0, 0.1) is 10.1 Å². The Morgan fingerprint density at radius 1 is 0.972 bits per heavy atom. The number of hydrogen-bond acceptors (Lipinski definition) is 9. The second kappa shape index (κ2) is 10.6. The molecule has 1 heterocycles. The van der Waals surface area contributed by atoms with Gasteiger partial charge in [-0.2, -0.15) is 8.42 Å². The number of rotatable bonds is 10. The number of nitro benzene ring substituents is 1. The monoisotopic (exact) mass is 528 g/mol. The first-order valence-corrected chi connectivity index (χ1v) is 12.8. The molecule has 2 N–H and O–H groups in total. The van der Waals surface area contributed by atoms with Crippen LogP contribution in [0.5, 0.6) is 17.4 Å². The molecular formula is C24H20N2O8S2. The van der Waals surface area contributed by atoms with Crippen LogP contribution in [0.15, 0.2) is 82.5 Å². The summed E-state index contributed by atoms with van der Waals surface area (Å²) in [6.07, 6.45) is 0.992. The van der Waals surface area contributed by atoms with Crippen LogP contribution in [-0.4, -0.2) is 30.0 Å². The van der Waals surface area contributed by atoms with Crippen LogP contribution >= 0.6 is 11.3 Å². The van der Waals surface area contributed by atoms with E-state index in [0.29, 0.717) is 30.1 Å². The van der Waals surface area contributed by atoms with Crippen LogP contribution in [0.1, 0.15) is 16.0 Å². The summed E-state index contributed by atoms with van der Waals surface area (Å²) in [5.41, 5.74) is 1.47. The van der Waals surface area contributed by atoms with E-state index in [4.69, 9.17) is 8.92 Å². The zero-order valence-corrected chi connectivity index (χ0v) is 20.3. The van der Waals surface area contributed by atoms with Gasteiger partial charge < -0.3 is 14.0 Å². The van der Waals surface area contributed by atoms with Gasteiger partial charge in [0.05, 0.1) is 16.4 Å². The van der Waals surface area contributed by atoms with Crippen molar-refractivity contribution in [1.29, 1.82) is 0 Å². The molecule has 0 radical (unpaired) electrons. The third-order valence-corrected chi connectivity index (χ3v) is 7.21. The summed E-state index contributed by atoms with van der Waals surface area (Å²) in [5.74, 6) is 0.636. The van der Waals surface area contributed by atoms with Crippen LogP contribution in [0.2, 0.25) is 0 Å². The minimum absolute atomic E-state index is 0.0836. The van der Waals surface area contributed by atoms with Crippen molar-refractivity contribution in [2.75, 3.05) is 6.61 Å². The number of nitro groups is 1. The third kappa shape index (κ3) is 6.29. The van der Waals surface area contributed by atoms with Gasteiger partial charge in [0.25, 0.3) is 5.69 Å². The van der Waals surface area contributed by atoms with Crippen molar-refractivity contribution in [3.05, 3.63) is 109 Å². The molecule has 0 unspecified atom stereocenters. The minimum atomic E-state index is -4.22. The van der Waals surface area contributed by atoms with Gasteiger partial charge in [-0.05, 0) is 41.5 Å². The molecule has 0 saturated carbocycles. The van der Waals surface area contributed by atoms with Gasteiger partial charge in [-0.25, -0.2) is 0 Å². The predicted molar refractivity (Wildman–Crippen MR) is 132 cm³/mol. The van der Waals surface area contributed by atoms with E-state index in [-0.39, 0.29) is 27.1 Å². The molecular weight excluding hydrogens is 508 g/mol. The van der Waals surface area contributed by atoms with E-state index in [0.717, 1.165) is 28.5 Å². The van der Waals surface area contributed by atoms with Gasteiger partial charge in [-0.3, -0.25) is 19.9 Å². The SMILES string of the molecule is O=c1[nH]c(O)c(Cc2ccc(OCCc3ccc(OS(=O)(=O)c4cccc([N+](=O)[O-])c4)cc3)cc2)s1. The number of ether oxygens (including phenoxy) is 1. The number of H-pyrrole nitrogens is 1. The van der Waals surface area contributed by atoms with Crippen molar-refractivity contribution in [2.24, 2.45) is 0 Å². The van der Waals surface area contributed by atoms with Crippen LogP contribution < -0.4 is 13.8 Å². The Balaban J connectivity index is 1.29. The molecule has 36 heavy (non-hydrogen) atoms. The Hall–Kier alpha value is -4.16. The highest BCUT2D eigenvalue weighted by Crippen LogP contribution is 2.24. The first kappa shape index (κ1) is 24.9. The maximum atomic E-state index is 12.4. The van der Waals surface area contributed by atoms with Gasteiger partial charge >= 0.3 is 15.0 Å². The first-order valence-electron chi connectivity index (χ1n) is 10.6. The lowest BCUT2D eigenvalue weighted by molar-refractivity contribution is -0.385. The molecule has 0 aliphatic heterocycles.